The minimum absolute atomic E-state index is 0.0292. The monoisotopic (exact) mass is 340 g/mol. The number of hydrogen-bond acceptors (Lipinski definition) is 6. The second-order valence-electron chi connectivity index (χ2n) is 4.94. The van der Waals surface area contributed by atoms with Crippen molar-refractivity contribution in [2.24, 2.45) is 0 Å². The first-order chi connectivity index (χ1) is 11.5. The van der Waals surface area contributed by atoms with E-state index in [-0.39, 0.29) is 11.8 Å². The van der Waals surface area contributed by atoms with Crippen molar-refractivity contribution in [1.82, 2.24) is 9.97 Å². The molecule has 6 nitrogen and oxygen atoms in total. The van der Waals surface area contributed by atoms with E-state index in [2.05, 4.69) is 20.6 Å². The minimum atomic E-state index is -4.53. The van der Waals surface area contributed by atoms with Crippen LogP contribution in [0.4, 0.5) is 30.6 Å². The number of benzene rings is 1. The van der Waals surface area contributed by atoms with Crippen LogP contribution in [0.15, 0.2) is 24.4 Å². The van der Waals surface area contributed by atoms with E-state index in [9.17, 15) is 13.2 Å². The van der Waals surface area contributed by atoms with Crippen LogP contribution >= 0.6 is 0 Å². The van der Waals surface area contributed by atoms with Crippen molar-refractivity contribution >= 4 is 17.5 Å². The van der Waals surface area contributed by atoms with Gasteiger partial charge < -0.3 is 20.1 Å². The van der Waals surface area contributed by atoms with Gasteiger partial charge in [0.25, 0.3) is 0 Å². The van der Waals surface area contributed by atoms with E-state index in [1.54, 1.807) is 25.1 Å². The van der Waals surface area contributed by atoms with Crippen LogP contribution < -0.4 is 20.1 Å². The molecule has 1 aromatic carbocycles. The Kier molecular flexibility index (Phi) is 4.32. The lowest BCUT2D eigenvalue weighted by Gasteiger charge is -2.21. The molecule has 0 bridgehead atoms. The van der Waals surface area contributed by atoms with Gasteiger partial charge in [0.05, 0.1) is 5.69 Å². The summed E-state index contributed by atoms with van der Waals surface area (Å²) >= 11 is 0. The molecule has 2 heterocycles. The van der Waals surface area contributed by atoms with Crippen LogP contribution in [-0.2, 0) is 6.18 Å². The molecule has 0 saturated carbocycles. The molecular weight excluding hydrogens is 325 g/mol. The predicted molar refractivity (Wildman–Crippen MR) is 81.9 cm³/mol. The van der Waals surface area contributed by atoms with E-state index in [1.165, 1.54) is 0 Å². The molecule has 0 atom stereocenters. The normalized spacial score (nSPS) is 13.5. The highest BCUT2D eigenvalue weighted by molar-refractivity contribution is 5.68. The van der Waals surface area contributed by atoms with Crippen LogP contribution in [0.3, 0.4) is 0 Å². The number of rotatable bonds is 4. The number of hydrogen-bond donors (Lipinski definition) is 2. The maximum Gasteiger partial charge on any atom is 0.421 e. The fourth-order valence-electron chi connectivity index (χ4n) is 2.24. The van der Waals surface area contributed by atoms with Crippen molar-refractivity contribution < 1.29 is 22.6 Å². The van der Waals surface area contributed by atoms with E-state index in [0.717, 1.165) is 6.20 Å². The number of nitrogens with zero attached hydrogens (tertiary/aromatic N) is 2. The second-order valence-corrected chi connectivity index (χ2v) is 4.94. The molecule has 0 spiro atoms. The number of fused-ring (bicyclic) bond motifs is 1. The number of aromatic nitrogens is 2. The van der Waals surface area contributed by atoms with Crippen LogP contribution in [0.25, 0.3) is 0 Å². The van der Waals surface area contributed by atoms with Crippen molar-refractivity contribution in [3.05, 3.63) is 30.0 Å². The largest absolute Gasteiger partial charge is 0.486 e. The molecule has 24 heavy (non-hydrogen) atoms. The summed E-state index contributed by atoms with van der Waals surface area (Å²) in [6.45, 7) is 2.82. The lowest BCUT2D eigenvalue weighted by molar-refractivity contribution is -0.137. The highest BCUT2D eigenvalue weighted by Gasteiger charge is 2.35. The van der Waals surface area contributed by atoms with E-state index in [1.807, 2.05) is 0 Å². The minimum Gasteiger partial charge on any atom is -0.486 e. The summed E-state index contributed by atoms with van der Waals surface area (Å²) < 4.78 is 49.9. The van der Waals surface area contributed by atoms with Gasteiger partial charge in [-0.15, -0.1) is 0 Å². The van der Waals surface area contributed by atoms with Crippen molar-refractivity contribution in [3.8, 4) is 11.5 Å². The second kappa shape index (κ2) is 6.42. The average molecular weight is 340 g/mol. The van der Waals surface area contributed by atoms with Gasteiger partial charge in [0.15, 0.2) is 11.5 Å². The Morgan fingerprint density at radius 3 is 2.75 bits per heavy atom. The molecular formula is C15H15F3N4O2. The summed E-state index contributed by atoms with van der Waals surface area (Å²) in [6.07, 6.45) is -3.78. The number of ether oxygens (including phenoxy) is 2. The third kappa shape index (κ3) is 3.29. The zero-order valence-corrected chi connectivity index (χ0v) is 12.8. The van der Waals surface area contributed by atoms with Crippen LogP contribution in [0.5, 0.6) is 11.5 Å². The third-order valence-electron chi connectivity index (χ3n) is 3.25. The Morgan fingerprint density at radius 2 is 2.00 bits per heavy atom. The lowest BCUT2D eigenvalue weighted by Crippen LogP contribution is -2.17. The van der Waals surface area contributed by atoms with Gasteiger partial charge in [0, 0.05) is 12.7 Å². The van der Waals surface area contributed by atoms with Gasteiger partial charge in [-0.2, -0.15) is 18.2 Å². The number of anilines is 3. The van der Waals surface area contributed by atoms with Gasteiger partial charge in [0.2, 0.25) is 5.95 Å². The molecule has 1 aliphatic heterocycles. The van der Waals surface area contributed by atoms with Gasteiger partial charge in [0.1, 0.15) is 24.6 Å². The van der Waals surface area contributed by atoms with Gasteiger partial charge in [-0.05, 0) is 19.1 Å². The topological polar surface area (TPSA) is 68.3 Å². The Hall–Kier alpha value is -2.71. The maximum atomic E-state index is 13.0. The van der Waals surface area contributed by atoms with Crippen molar-refractivity contribution in [3.63, 3.8) is 0 Å². The van der Waals surface area contributed by atoms with Crippen LogP contribution in [0.1, 0.15) is 12.5 Å². The summed E-state index contributed by atoms with van der Waals surface area (Å²) in [5.74, 6) is 0.799. The van der Waals surface area contributed by atoms with Gasteiger partial charge in [-0.3, -0.25) is 0 Å². The Labute approximate surface area is 136 Å². The third-order valence-corrected chi connectivity index (χ3v) is 3.25. The van der Waals surface area contributed by atoms with Gasteiger partial charge >= 0.3 is 6.18 Å². The molecule has 0 aliphatic carbocycles. The zero-order valence-electron chi connectivity index (χ0n) is 12.8. The van der Waals surface area contributed by atoms with Crippen LogP contribution in [-0.4, -0.2) is 29.7 Å². The first kappa shape index (κ1) is 16.2. The number of halogens is 3. The highest BCUT2D eigenvalue weighted by Crippen LogP contribution is 2.39. The smallest absolute Gasteiger partial charge is 0.421 e. The zero-order chi connectivity index (χ0) is 17.2. The highest BCUT2D eigenvalue weighted by atomic mass is 19.4. The van der Waals surface area contributed by atoms with E-state index < -0.39 is 11.7 Å². The lowest BCUT2D eigenvalue weighted by atomic mass is 10.2. The summed E-state index contributed by atoms with van der Waals surface area (Å²) in [4.78, 5) is 7.68. The molecule has 0 fully saturated rings. The molecule has 0 radical (unpaired) electrons. The van der Waals surface area contributed by atoms with E-state index >= 15 is 0 Å². The molecule has 3 rings (SSSR count). The fraction of sp³-hybridized carbons (Fsp3) is 0.333. The van der Waals surface area contributed by atoms with Crippen molar-refractivity contribution in [2.45, 2.75) is 13.1 Å². The predicted octanol–water partition coefficient (Wildman–Crippen LogP) is 3.44. The Morgan fingerprint density at radius 1 is 1.21 bits per heavy atom. The molecule has 2 aromatic rings. The average Bonchev–Trinajstić information content (AvgIpc) is 2.55. The molecule has 0 saturated heterocycles. The van der Waals surface area contributed by atoms with Crippen LogP contribution in [0.2, 0.25) is 0 Å². The fourth-order valence-corrected chi connectivity index (χ4v) is 2.24. The SMILES string of the molecule is CCNc1nc(Nc2cccc3c2OCCO3)ncc1C(F)(F)F. The summed E-state index contributed by atoms with van der Waals surface area (Å²) in [7, 11) is 0. The first-order valence-electron chi connectivity index (χ1n) is 7.32. The molecule has 0 amide bonds. The van der Waals surface area contributed by atoms with Crippen molar-refractivity contribution in [2.75, 3.05) is 30.4 Å². The van der Waals surface area contributed by atoms with Crippen LogP contribution in [0, 0.1) is 0 Å². The van der Waals surface area contributed by atoms with Gasteiger partial charge in [-0.25, -0.2) is 4.98 Å². The standard InChI is InChI=1S/C15H15F3N4O2/c1-2-19-13-9(15(16,17)18)8-20-14(22-13)21-10-4-3-5-11-12(10)24-7-6-23-11/h3-5,8H,2,6-7H2,1H3,(H2,19,20,21,22). The molecule has 1 aliphatic rings. The number of nitrogens with one attached hydrogen (secondary N) is 2. The first-order valence-corrected chi connectivity index (χ1v) is 7.32. The van der Waals surface area contributed by atoms with E-state index in [4.69, 9.17) is 9.47 Å². The van der Waals surface area contributed by atoms with E-state index in [0.29, 0.717) is 36.9 Å². The molecule has 0 unspecified atom stereocenters. The summed E-state index contributed by atoms with van der Waals surface area (Å²) in [5.41, 5.74) is -0.390. The quantitative estimate of drug-likeness (QED) is 0.889. The molecule has 2 N–H and O–H groups in total. The van der Waals surface area contributed by atoms with Crippen molar-refractivity contribution in [1.29, 1.82) is 0 Å². The molecule has 1 aromatic heterocycles. The number of para-hydroxylation sites is 1. The Balaban J connectivity index is 1.92. The number of alkyl halides is 3. The summed E-state index contributed by atoms with van der Waals surface area (Å²) in [6, 6.07) is 5.20. The molecule has 128 valence electrons. The maximum absolute atomic E-state index is 13.0. The summed E-state index contributed by atoms with van der Waals surface area (Å²) in [5, 5.41) is 5.48. The van der Waals surface area contributed by atoms with Gasteiger partial charge in [-0.1, -0.05) is 6.07 Å². The molecule has 9 heteroatoms. The Bertz CT molecular complexity index is 737.